The number of nitrogens with zero attached hydrogens (tertiary/aromatic N) is 1. The van der Waals surface area contributed by atoms with Gasteiger partial charge in [-0.3, -0.25) is 14.9 Å². The maximum atomic E-state index is 12.1. The number of rotatable bonds is 3. The molecule has 2 aromatic rings. The van der Waals surface area contributed by atoms with Gasteiger partial charge in [0, 0.05) is 29.4 Å². The van der Waals surface area contributed by atoms with Crippen molar-refractivity contribution >= 4 is 17.3 Å². The van der Waals surface area contributed by atoms with Gasteiger partial charge in [-0.25, -0.2) is 0 Å². The SMILES string of the molecule is O=C(Nc1ccc2c(c1)OCCO2)c1ccc([N+](=O)[O-])cc1. The van der Waals surface area contributed by atoms with Crippen LogP contribution in [0.25, 0.3) is 0 Å². The number of fused-ring (bicyclic) bond motifs is 1. The molecule has 0 bridgehead atoms. The highest BCUT2D eigenvalue weighted by atomic mass is 16.6. The van der Waals surface area contributed by atoms with Crippen molar-refractivity contribution in [3.05, 3.63) is 58.1 Å². The number of nitrogens with one attached hydrogen (secondary N) is 1. The van der Waals surface area contributed by atoms with E-state index in [-0.39, 0.29) is 11.6 Å². The maximum Gasteiger partial charge on any atom is 0.269 e. The average Bonchev–Trinajstić information content (AvgIpc) is 2.55. The highest BCUT2D eigenvalue weighted by Crippen LogP contribution is 2.32. The molecule has 0 fully saturated rings. The molecule has 22 heavy (non-hydrogen) atoms. The topological polar surface area (TPSA) is 90.7 Å². The summed E-state index contributed by atoms with van der Waals surface area (Å²) in [5.41, 5.74) is 0.837. The van der Waals surface area contributed by atoms with Gasteiger partial charge in [0.1, 0.15) is 13.2 Å². The van der Waals surface area contributed by atoms with Crippen molar-refractivity contribution in [2.75, 3.05) is 18.5 Å². The third-order valence-corrected chi connectivity index (χ3v) is 3.14. The normalized spacial score (nSPS) is 12.5. The van der Waals surface area contributed by atoms with E-state index in [1.165, 1.54) is 24.3 Å². The van der Waals surface area contributed by atoms with Crippen LogP contribution >= 0.6 is 0 Å². The fraction of sp³-hybridized carbons (Fsp3) is 0.133. The Kier molecular flexibility index (Phi) is 3.61. The molecule has 1 amide bonds. The standard InChI is InChI=1S/C15H12N2O5/c18-15(10-1-4-12(5-2-10)17(19)20)16-11-3-6-13-14(9-11)22-8-7-21-13/h1-6,9H,7-8H2,(H,16,18). The van der Waals surface area contributed by atoms with Crippen LogP contribution in [0.1, 0.15) is 10.4 Å². The van der Waals surface area contributed by atoms with Gasteiger partial charge in [-0.2, -0.15) is 0 Å². The first-order valence-electron chi connectivity index (χ1n) is 6.59. The molecule has 2 aromatic carbocycles. The van der Waals surface area contributed by atoms with Crippen LogP contribution < -0.4 is 14.8 Å². The van der Waals surface area contributed by atoms with E-state index in [1.807, 2.05) is 0 Å². The molecule has 112 valence electrons. The fourth-order valence-corrected chi connectivity index (χ4v) is 2.06. The number of carbonyl (C=O) groups excluding carboxylic acids is 1. The van der Waals surface area contributed by atoms with Crippen LogP contribution in [0.4, 0.5) is 11.4 Å². The number of hydrogen-bond acceptors (Lipinski definition) is 5. The molecular weight excluding hydrogens is 288 g/mol. The lowest BCUT2D eigenvalue weighted by atomic mass is 10.2. The molecule has 0 saturated heterocycles. The van der Waals surface area contributed by atoms with E-state index in [1.54, 1.807) is 18.2 Å². The quantitative estimate of drug-likeness (QED) is 0.695. The Labute approximate surface area is 125 Å². The Morgan fingerprint density at radius 1 is 1.05 bits per heavy atom. The minimum Gasteiger partial charge on any atom is -0.486 e. The number of ether oxygens (including phenoxy) is 2. The predicted molar refractivity (Wildman–Crippen MR) is 78.5 cm³/mol. The summed E-state index contributed by atoms with van der Waals surface area (Å²) in [5.74, 6) is 0.860. The molecule has 7 heteroatoms. The molecule has 0 saturated carbocycles. The Morgan fingerprint density at radius 3 is 2.41 bits per heavy atom. The van der Waals surface area contributed by atoms with Crippen molar-refractivity contribution in [2.45, 2.75) is 0 Å². The molecule has 0 atom stereocenters. The summed E-state index contributed by atoms with van der Waals surface area (Å²) < 4.78 is 10.8. The molecule has 1 aliphatic heterocycles. The monoisotopic (exact) mass is 300 g/mol. The van der Waals surface area contributed by atoms with E-state index >= 15 is 0 Å². The summed E-state index contributed by atoms with van der Waals surface area (Å²) in [7, 11) is 0. The lowest BCUT2D eigenvalue weighted by molar-refractivity contribution is -0.384. The number of nitro benzene ring substituents is 1. The third-order valence-electron chi connectivity index (χ3n) is 3.14. The molecule has 1 heterocycles. The van der Waals surface area contributed by atoms with Crippen LogP contribution in [0.5, 0.6) is 11.5 Å². The minimum absolute atomic E-state index is 0.0594. The molecule has 0 aliphatic carbocycles. The summed E-state index contributed by atoms with van der Waals surface area (Å²) in [6.07, 6.45) is 0. The van der Waals surface area contributed by atoms with Gasteiger partial charge in [0.05, 0.1) is 4.92 Å². The molecule has 0 radical (unpaired) electrons. The number of nitro groups is 1. The molecule has 7 nitrogen and oxygen atoms in total. The summed E-state index contributed by atoms with van der Waals surface area (Å²) in [4.78, 5) is 22.2. The van der Waals surface area contributed by atoms with Crippen molar-refractivity contribution in [1.29, 1.82) is 0 Å². The van der Waals surface area contributed by atoms with Crippen LogP contribution in [-0.2, 0) is 0 Å². The van der Waals surface area contributed by atoms with Gasteiger partial charge in [0.2, 0.25) is 0 Å². The van der Waals surface area contributed by atoms with E-state index in [0.717, 1.165) is 0 Å². The first-order chi connectivity index (χ1) is 10.6. The molecule has 3 rings (SSSR count). The summed E-state index contributed by atoms with van der Waals surface area (Å²) in [5, 5.41) is 13.3. The molecular formula is C15H12N2O5. The van der Waals surface area contributed by atoms with Gasteiger partial charge < -0.3 is 14.8 Å². The zero-order valence-corrected chi connectivity index (χ0v) is 11.4. The molecule has 1 N–H and O–H groups in total. The number of amides is 1. The number of benzene rings is 2. The van der Waals surface area contributed by atoms with Crippen LogP contribution in [-0.4, -0.2) is 24.0 Å². The van der Waals surface area contributed by atoms with Gasteiger partial charge in [-0.15, -0.1) is 0 Å². The van der Waals surface area contributed by atoms with Crippen molar-refractivity contribution < 1.29 is 19.2 Å². The van der Waals surface area contributed by atoms with Crippen LogP contribution in [0, 0.1) is 10.1 Å². The van der Waals surface area contributed by atoms with Crippen molar-refractivity contribution in [2.24, 2.45) is 0 Å². The molecule has 0 spiro atoms. The maximum absolute atomic E-state index is 12.1. The van der Waals surface area contributed by atoms with Gasteiger partial charge in [0.15, 0.2) is 11.5 Å². The van der Waals surface area contributed by atoms with Crippen molar-refractivity contribution in [3.8, 4) is 11.5 Å². The molecule has 0 aromatic heterocycles. The van der Waals surface area contributed by atoms with Gasteiger partial charge in [-0.05, 0) is 24.3 Å². The molecule has 0 unspecified atom stereocenters. The van der Waals surface area contributed by atoms with Crippen LogP contribution in [0.2, 0.25) is 0 Å². The zero-order valence-electron chi connectivity index (χ0n) is 11.4. The molecule has 1 aliphatic rings. The van der Waals surface area contributed by atoms with E-state index < -0.39 is 4.92 Å². The summed E-state index contributed by atoms with van der Waals surface area (Å²) in [6, 6.07) is 10.5. The van der Waals surface area contributed by atoms with Crippen LogP contribution in [0.15, 0.2) is 42.5 Å². The Bertz CT molecular complexity index is 727. The van der Waals surface area contributed by atoms with Gasteiger partial charge >= 0.3 is 0 Å². The van der Waals surface area contributed by atoms with Crippen molar-refractivity contribution in [3.63, 3.8) is 0 Å². The van der Waals surface area contributed by atoms with Crippen molar-refractivity contribution in [1.82, 2.24) is 0 Å². The third kappa shape index (κ3) is 2.83. The van der Waals surface area contributed by atoms with E-state index in [9.17, 15) is 14.9 Å². The number of hydrogen-bond donors (Lipinski definition) is 1. The Hall–Kier alpha value is -3.09. The second-order valence-corrected chi connectivity index (χ2v) is 4.62. The van der Waals surface area contributed by atoms with E-state index in [0.29, 0.717) is 36.0 Å². The summed E-state index contributed by atoms with van der Waals surface area (Å²) >= 11 is 0. The summed E-state index contributed by atoms with van der Waals surface area (Å²) in [6.45, 7) is 0.967. The number of non-ortho nitro benzene ring substituents is 1. The van der Waals surface area contributed by atoms with E-state index in [2.05, 4.69) is 5.32 Å². The fourth-order valence-electron chi connectivity index (χ4n) is 2.06. The lowest BCUT2D eigenvalue weighted by Gasteiger charge is -2.19. The second-order valence-electron chi connectivity index (χ2n) is 4.62. The highest BCUT2D eigenvalue weighted by molar-refractivity contribution is 6.04. The minimum atomic E-state index is -0.511. The number of anilines is 1. The lowest BCUT2D eigenvalue weighted by Crippen LogP contribution is -2.16. The number of carbonyl (C=O) groups is 1. The first kappa shape index (κ1) is 13.9. The Morgan fingerprint density at radius 2 is 1.73 bits per heavy atom. The first-order valence-corrected chi connectivity index (χ1v) is 6.59. The zero-order chi connectivity index (χ0) is 15.5. The van der Waals surface area contributed by atoms with Gasteiger partial charge in [0.25, 0.3) is 11.6 Å². The Balaban J connectivity index is 1.75. The largest absolute Gasteiger partial charge is 0.486 e. The highest BCUT2D eigenvalue weighted by Gasteiger charge is 2.14. The van der Waals surface area contributed by atoms with Crippen LogP contribution in [0.3, 0.4) is 0 Å². The second kappa shape index (κ2) is 5.72. The average molecular weight is 300 g/mol. The van der Waals surface area contributed by atoms with E-state index in [4.69, 9.17) is 9.47 Å². The van der Waals surface area contributed by atoms with Gasteiger partial charge in [-0.1, -0.05) is 0 Å². The smallest absolute Gasteiger partial charge is 0.269 e. The predicted octanol–water partition coefficient (Wildman–Crippen LogP) is 2.62.